The van der Waals surface area contributed by atoms with Crippen LogP contribution in [0.1, 0.15) is 28.9 Å². The summed E-state index contributed by atoms with van der Waals surface area (Å²) in [5.74, 6) is 0.0271. The van der Waals surface area contributed by atoms with Gasteiger partial charge < -0.3 is 15.4 Å². The van der Waals surface area contributed by atoms with Gasteiger partial charge in [-0.15, -0.1) is 0 Å². The average Bonchev–Trinajstić information content (AvgIpc) is 2.74. The van der Waals surface area contributed by atoms with Crippen LogP contribution in [0, 0.1) is 0 Å². The van der Waals surface area contributed by atoms with Crippen molar-refractivity contribution in [2.75, 3.05) is 11.9 Å². The summed E-state index contributed by atoms with van der Waals surface area (Å²) in [6.07, 6.45) is 0. The molecule has 3 aromatic rings. The third kappa shape index (κ3) is 5.83. The number of hydrogen-bond acceptors (Lipinski definition) is 3. The normalized spacial score (nSPS) is 11.4. The fourth-order valence-corrected chi connectivity index (χ4v) is 2.96. The molecule has 0 aliphatic heterocycles. The number of nitrogens with one attached hydrogen (secondary N) is 2. The Kier molecular flexibility index (Phi) is 6.87. The quantitative estimate of drug-likeness (QED) is 0.587. The van der Waals surface area contributed by atoms with E-state index in [0.29, 0.717) is 22.0 Å². The lowest BCUT2D eigenvalue weighted by Gasteiger charge is -2.14. The van der Waals surface area contributed by atoms with E-state index in [4.69, 9.17) is 16.3 Å². The number of carbonyl (C=O) groups excluding carboxylic acids is 2. The highest BCUT2D eigenvalue weighted by atomic mass is 35.5. The molecule has 1 unspecified atom stereocenters. The van der Waals surface area contributed by atoms with E-state index < -0.39 is 0 Å². The predicted molar refractivity (Wildman–Crippen MR) is 114 cm³/mol. The molecule has 3 rings (SSSR count). The van der Waals surface area contributed by atoms with Crippen molar-refractivity contribution in [2.24, 2.45) is 0 Å². The molecule has 0 spiro atoms. The molecular weight excluding hydrogens is 388 g/mol. The summed E-state index contributed by atoms with van der Waals surface area (Å²) in [5, 5.41) is 6.06. The van der Waals surface area contributed by atoms with Crippen LogP contribution in [0.4, 0.5) is 5.69 Å². The molecule has 0 aliphatic rings. The highest BCUT2D eigenvalue weighted by Gasteiger charge is 2.11. The van der Waals surface area contributed by atoms with E-state index in [-0.39, 0.29) is 24.5 Å². The van der Waals surface area contributed by atoms with Crippen molar-refractivity contribution < 1.29 is 14.3 Å². The molecule has 0 fully saturated rings. The molecule has 3 aromatic carbocycles. The fourth-order valence-electron chi connectivity index (χ4n) is 2.74. The Morgan fingerprint density at radius 3 is 2.28 bits per heavy atom. The van der Waals surface area contributed by atoms with Gasteiger partial charge in [0.15, 0.2) is 6.61 Å². The zero-order valence-corrected chi connectivity index (χ0v) is 16.6. The lowest BCUT2D eigenvalue weighted by atomic mass is 10.1. The standard InChI is InChI=1S/C23H21ClN2O3/c1-16(17-7-3-2-4-8-17)25-22(27)15-29-19-13-11-18(12-14-19)26-23(28)20-9-5-6-10-21(20)24/h2-14,16H,15H2,1H3,(H,25,27)(H,26,28). The van der Waals surface area contributed by atoms with Gasteiger partial charge in [-0.2, -0.15) is 0 Å². The van der Waals surface area contributed by atoms with Crippen LogP contribution < -0.4 is 15.4 Å². The fraction of sp³-hybridized carbons (Fsp3) is 0.130. The smallest absolute Gasteiger partial charge is 0.258 e. The minimum atomic E-state index is -0.293. The Bertz CT molecular complexity index is 975. The molecule has 0 saturated heterocycles. The van der Waals surface area contributed by atoms with Crippen LogP contribution in [-0.4, -0.2) is 18.4 Å². The molecule has 0 aliphatic carbocycles. The van der Waals surface area contributed by atoms with Gasteiger partial charge in [0.2, 0.25) is 0 Å². The molecule has 0 bridgehead atoms. The van der Waals surface area contributed by atoms with E-state index in [9.17, 15) is 9.59 Å². The molecule has 148 valence electrons. The van der Waals surface area contributed by atoms with Gasteiger partial charge in [-0.25, -0.2) is 0 Å². The maximum absolute atomic E-state index is 12.3. The lowest BCUT2D eigenvalue weighted by Crippen LogP contribution is -2.31. The van der Waals surface area contributed by atoms with Gasteiger partial charge in [0.1, 0.15) is 5.75 Å². The number of benzene rings is 3. The minimum Gasteiger partial charge on any atom is -0.484 e. The Hall–Kier alpha value is -3.31. The maximum Gasteiger partial charge on any atom is 0.258 e. The first-order valence-corrected chi connectivity index (χ1v) is 9.54. The minimum absolute atomic E-state index is 0.0947. The summed E-state index contributed by atoms with van der Waals surface area (Å²) < 4.78 is 5.52. The maximum atomic E-state index is 12.3. The average molecular weight is 409 g/mol. The van der Waals surface area contributed by atoms with Crippen molar-refractivity contribution in [1.29, 1.82) is 0 Å². The Labute approximate surface area is 174 Å². The molecule has 1 atom stereocenters. The van der Waals surface area contributed by atoms with Crippen molar-refractivity contribution in [3.05, 3.63) is 95.0 Å². The molecule has 2 amide bonds. The highest BCUT2D eigenvalue weighted by molar-refractivity contribution is 6.34. The molecule has 5 nitrogen and oxygen atoms in total. The van der Waals surface area contributed by atoms with Crippen LogP contribution in [0.25, 0.3) is 0 Å². The van der Waals surface area contributed by atoms with Gasteiger partial charge in [0, 0.05) is 5.69 Å². The molecule has 0 aromatic heterocycles. The summed E-state index contributed by atoms with van der Waals surface area (Å²) >= 11 is 6.04. The zero-order chi connectivity index (χ0) is 20.6. The summed E-state index contributed by atoms with van der Waals surface area (Å²) in [7, 11) is 0. The predicted octanol–water partition coefficient (Wildman–Crippen LogP) is 4.85. The van der Waals surface area contributed by atoms with Crippen LogP contribution in [0.3, 0.4) is 0 Å². The monoisotopic (exact) mass is 408 g/mol. The van der Waals surface area contributed by atoms with Crippen LogP contribution in [0.2, 0.25) is 5.02 Å². The SMILES string of the molecule is CC(NC(=O)COc1ccc(NC(=O)c2ccccc2Cl)cc1)c1ccccc1. The van der Waals surface area contributed by atoms with Crippen molar-refractivity contribution >= 4 is 29.1 Å². The van der Waals surface area contributed by atoms with Crippen LogP contribution in [0.15, 0.2) is 78.9 Å². The number of amides is 2. The summed E-state index contributed by atoms with van der Waals surface area (Å²) in [6.45, 7) is 1.83. The molecule has 29 heavy (non-hydrogen) atoms. The van der Waals surface area contributed by atoms with E-state index in [2.05, 4.69) is 10.6 Å². The van der Waals surface area contributed by atoms with Gasteiger partial charge in [-0.1, -0.05) is 54.1 Å². The first-order valence-electron chi connectivity index (χ1n) is 9.16. The first-order chi connectivity index (χ1) is 14.0. The molecule has 2 N–H and O–H groups in total. The second kappa shape index (κ2) is 9.75. The largest absolute Gasteiger partial charge is 0.484 e. The zero-order valence-electron chi connectivity index (χ0n) is 15.9. The molecule has 0 saturated carbocycles. The number of ether oxygens (including phenoxy) is 1. The van der Waals surface area contributed by atoms with Gasteiger partial charge in [-0.3, -0.25) is 9.59 Å². The van der Waals surface area contributed by atoms with Crippen molar-refractivity contribution in [3.63, 3.8) is 0 Å². The second-order valence-corrected chi connectivity index (χ2v) is 6.85. The van der Waals surface area contributed by atoms with Crippen molar-refractivity contribution in [2.45, 2.75) is 13.0 Å². The molecule has 6 heteroatoms. The Morgan fingerprint density at radius 2 is 1.59 bits per heavy atom. The summed E-state index contributed by atoms with van der Waals surface area (Å²) in [6, 6.07) is 23.2. The van der Waals surface area contributed by atoms with Crippen LogP contribution in [0.5, 0.6) is 5.75 Å². The third-order valence-electron chi connectivity index (χ3n) is 4.28. The topological polar surface area (TPSA) is 67.4 Å². The molecule has 0 heterocycles. The number of anilines is 1. The van der Waals surface area contributed by atoms with Crippen molar-refractivity contribution in [3.8, 4) is 5.75 Å². The number of halogens is 1. The third-order valence-corrected chi connectivity index (χ3v) is 4.61. The van der Waals surface area contributed by atoms with E-state index in [1.54, 1.807) is 48.5 Å². The van der Waals surface area contributed by atoms with Gasteiger partial charge in [0.25, 0.3) is 11.8 Å². The van der Waals surface area contributed by atoms with Crippen molar-refractivity contribution in [1.82, 2.24) is 5.32 Å². The lowest BCUT2D eigenvalue weighted by molar-refractivity contribution is -0.123. The van der Waals surface area contributed by atoms with Gasteiger partial charge in [-0.05, 0) is 48.9 Å². The Balaban J connectivity index is 1.49. The van der Waals surface area contributed by atoms with E-state index in [1.807, 2.05) is 37.3 Å². The number of carbonyl (C=O) groups is 2. The van der Waals surface area contributed by atoms with Gasteiger partial charge in [0.05, 0.1) is 16.6 Å². The second-order valence-electron chi connectivity index (χ2n) is 6.45. The van der Waals surface area contributed by atoms with Gasteiger partial charge >= 0.3 is 0 Å². The highest BCUT2D eigenvalue weighted by Crippen LogP contribution is 2.19. The number of rotatable bonds is 7. The van der Waals surface area contributed by atoms with E-state index >= 15 is 0 Å². The summed E-state index contributed by atoms with van der Waals surface area (Å²) in [4.78, 5) is 24.4. The summed E-state index contributed by atoms with van der Waals surface area (Å²) in [5.41, 5.74) is 2.03. The number of hydrogen-bond donors (Lipinski definition) is 2. The first kappa shape index (κ1) is 20.4. The van der Waals surface area contributed by atoms with E-state index in [1.165, 1.54) is 0 Å². The van der Waals surface area contributed by atoms with Crippen LogP contribution >= 0.6 is 11.6 Å². The van der Waals surface area contributed by atoms with E-state index in [0.717, 1.165) is 5.56 Å². The van der Waals surface area contributed by atoms with Crippen LogP contribution in [-0.2, 0) is 4.79 Å². The Morgan fingerprint density at radius 1 is 0.931 bits per heavy atom. The molecular formula is C23H21ClN2O3. The molecule has 0 radical (unpaired) electrons.